The van der Waals surface area contributed by atoms with Crippen LogP contribution < -0.4 is 11.1 Å². The van der Waals surface area contributed by atoms with Gasteiger partial charge in [0.25, 0.3) is 0 Å². The largest absolute Gasteiger partial charge is 0.481 e. The second-order valence-electron chi connectivity index (χ2n) is 13.3. The van der Waals surface area contributed by atoms with Crippen LogP contribution >= 0.6 is 0 Å². The van der Waals surface area contributed by atoms with E-state index in [1.807, 2.05) is 18.2 Å². The molecule has 230 valence electrons. The third-order valence-corrected chi connectivity index (χ3v) is 10.3. The molecule has 9 unspecified atom stereocenters. The predicted octanol–water partition coefficient (Wildman–Crippen LogP) is 5.19. The molecule has 0 spiro atoms. The van der Waals surface area contributed by atoms with Crippen LogP contribution in [0, 0.1) is 35.5 Å². The summed E-state index contributed by atoms with van der Waals surface area (Å²) in [4.78, 5) is 12.2. The molecule has 1 aliphatic heterocycles. The van der Waals surface area contributed by atoms with Gasteiger partial charge in [0.15, 0.2) is 0 Å². The van der Waals surface area contributed by atoms with Crippen LogP contribution in [0.25, 0.3) is 0 Å². The van der Waals surface area contributed by atoms with Gasteiger partial charge in [0.1, 0.15) is 0 Å². The Morgan fingerprint density at radius 3 is 2.66 bits per heavy atom. The lowest BCUT2D eigenvalue weighted by molar-refractivity contribution is -0.148. The average Bonchev–Trinajstić information content (AvgIpc) is 3.26. The van der Waals surface area contributed by atoms with E-state index in [4.69, 9.17) is 5.73 Å². The topological polar surface area (TPSA) is 136 Å². The maximum absolute atomic E-state index is 12.2. The summed E-state index contributed by atoms with van der Waals surface area (Å²) in [5.41, 5.74) is 6.22. The smallest absolute Gasteiger partial charge is 0.309 e. The Bertz CT molecular complexity index is 990. The molecule has 7 heteroatoms. The fraction of sp³-hybridized carbons (Fsp3) is 0.735. The molecular weight excluding hydrogens is 516 g/mol. The van der Waals surface area contributed by atoms with Gasteiger partial charge in [-0.1, -0.05) is 75.8 Å². The summed E-state index contributed by atoms with van der Waals surface area (Å²) >= 11 is 0. The van der Waals surface area contributed by atoms with Gasteiger partial charge < -0.3 is 31.5 Å². The highest BCUT2D eigenvalue weighted by atomic mass is 16.4. The minimum absolute atomic E-state index is 0.00967. The van der Waals surface area contributed by atoms with Crippen LogP contribution in [0.1, 0.15) is 96.8 Å². The minimum atomic E-state index is -1.02. The lowest BCUT2D eigenvalue weighted by Gasteiger charge is -2.39. The van der Waals surface area contributed by atoms with Crippen LogP contribution in [0.15, 0.2) is 47.9 Å². The van der Waals surface area contributed by atoms with Crippen molar-refractivity contribution >= 4 is 5.97 Å². The molecule has 7 nitrogen and oxygen atoms in total. The van der Waals surface area contributed by atoms with E-state index in [1.165, 1.54) is 24.8 Å². The summed E-state index contributed by atoms with van der Waals surface area (Å²) in [5, 5.41) is 46.4. The molecule has 7 N–H and O–H groups in total. The van der Waals surface area contributed by atoms with Crippen LogP contribution in [0.3, 0.4) is 0 Å². The number of dihydropyridines is 1. The molecule has 0 aromatic carbocycles. The molecule has 1 heterocycles. The van der Waals surface area contributed by atoms with Gasteiger partial charge >= 0.3 is 5.97 Å². The van der Waals surface area contributed by atoms with Crippen molar-refractivity contribution in [2.24, 2.45) is 41.2 Å². The van der Waals surface area contributed by atoms with Gasteiger partial charge in [-0.15, -0.1) is 0 Å². The number of unbranched alkanes of at least 4 members (excludes halogenated alkanes) is 4. The van der Waals surface area contributed by atoms with Crippen molar-refractivity contribution in [2.75, 3.05) is 6.54 Å². The molecule has 0 saturated heterocycles. The Balaban J connectivity index is 1.23. The highest BCUT2D eigenvalue weighted by molar-refractivity contribution is 5.70. The summed E-state index contributed by atoms with van der Waals surface area (Å²) in [6.07, 6.45) is 23.7. The number of carboxylic acid groups (broad SMARTS) is 1. The summed E-state index contributed by atoms with van der Waals surface area (Å²) < 4.78 is 0. The van der Waals surface area contributed by atoms with Crippen molar-refractivity contribution in [2.45, 2.75) is 115 Å². The lowest BCUT2D eigenvalue weighted by atomic mass is 9.70. The van der Waals surface area contributed by atoms with Crippen LogP contribution in [-0.2, 0) is 4.79 Å². The Morgan fingerprint density at radius 1 is 1.12 bits per heavy atom. The third kappa shape index (κ3) is 8.48. The fourth-order valence-corrected chi connectivity index (χ4v) is 7.86. The molecule has 0 bridgehead atoms. The number of aliphatic hydroxyl groups excluding tert-OH is 2. The summed E-state index contributed by atoms with van der Waals surface area (Å²) in [6, 6.07) is 0. The first kappa shape index (κ1) is 31.8. The molecular formula is C34H54N2O5. The number of nitrogens with one attached hydrogen (secondary N) is 1. The molecule has 9 atom stereocenters. The number of aliphatic carboxylic acids is 1. The Labute approximate surface area is 246 Å². The zero-order valence-corrected chi connectivity index (χ0v) is 25.0. The Hall–Kier alpha value is -2.09. The Kier molecular flexibility index (Phi) is 11.6. The van der Waals surface area contributed by atoms with E-state index in [1.54, 1.807) is 0 Å². The summed E-state index contributed by atoms with van der Waals surface area (Å²) in [7, 11) is 0. The molecule has 1 fully saturated rings. The minimum Gasteiger partial charge on any atom is -0.481 e. The van der Waals surface area contributed by atoms with Crippen LogP contribution in [-0.4, -0.2) is 50.7 Å². The van der Waals surface area contributed by atoms with E-state index < -0.39 is 23.6 Å². The van der Waals surface area contributed by atoms with Crippen molar-refractivity contribution in [3.8, 4) is 0 Å². The molecule has 0 amide bonds. The van der Waals surface area contributed by atoms with Crippen LogP contribution in [0.5, 0.6) is 0 Å². The van der Waals surface area contributed by atoms with E-state index in [0.717, 1.165) is 57.9 Å². The SMILES string of the molecule is CCCCCC1C=CC(CCCCCC(C(=O)O)C(O)C2C=CC3C(CC4=CCNC(N)=C4)CCC3(O)C2)C(O)C1. The van der Waals surface area contributed by atoms with Crippen molar-refractivity contribution in [3.63, 3.8) is 0 Å². The number of allylic oxidation sites excluding steroid dienone is 3. The van der Waals surface area contributed by atoms with Gasteiger partial charge in [-0.2, -0.15) is 0 Å². The zero-order valence-electron chi connectivity index (χ0n) is 25.0. The number of carbonyl (C=O) groups is 1. The summed E-state index contributed by atoms with van der Waals surface area (Å²) in [5.74, 6) is -0.506. The fourth-order valence-electron chi connectivity index (χ4n) is 7.86. The van der Waals surface area contributed by atoms with Crippen LogP contribution in [0.2, 0.25) is 0 Å². The van der Waals surface area contributed by atoms with Gasteiger partial charge in [0.05, 0.1) is 29.5 Å². The van der Waals surface area contributed by atoms with E-state index in [0.29, 0.717) is 36.9 Å². The highest BCUT2D eigenvalue weighted by Crippen LogP contribution is 2.50. The van der Waals surface area contributed by atoms with Gasteiger partial charge in [-0.25, -0.2) is 0 Å². The van der Waals surface area contributed by atoms with Crippen molar-refractivity contribution in [3.05, 3.63) is 47.9 Å². The number of hydrogen-bond acceptors (Lipinski definition) is 6. The average molecular weight is 571 g/mol. The number of hydrogen-bond donors (Lipinski definition) is 6. The number of aliphatic hydroxyl groups is 3. The quantitative estimate of drug-likeness (QED) is 0.118. The van der Waals surface area contributed by atoms with E-state index in [-0.39, 0.29) is 23.9 Å². The maximum atomic E-state index is 12.2. The van der Waals surface area contributed by atoms with Gasteiger partial charge in [0, 0.05) is 24.3 Å². The Morgan fingerprint density at radius 2 is 1.93 bits per heavy atom. The van der Waals surface area contributed by atoms with Crippen molar-refractivity contribution in [1.82, 2.24) is 5.32 Å². The number of carboxylic acids is 1. The molecule has 41 heavy (non-hydrogen) atoms. The molecule has 0 radical (unpaired) electrons. The second kappa shape index (κ2) is 14.9. The molecule has 1 saturated carbocycles. The first-order chi connectivity index (χ1) is 19.7. The van der Waals surface area contributed by atoms with Crippen LogP contribution in [0.4, 0.5) is 0 Å². The summed E-state index contributed by atoms with van der Waals surface area (Å²) in [6.45, 7) is 2.93. The van der Waals surface area contributed by atoms with E-state index in [2.05, 4.69) is 30.5 Å². The van der Waals surface area contributed by atoms with Gasteiger partial charge in [0.2, 0.25) is 0 Å². The molecule has 4 rings (SSSR count). The zero-order chi connectivity index (χ0) is 29.4. The number of rotatable bonds is 15. The third-order valence-electron chi connectivity index (χ3n) is 10.3. The van der Waals surface area contributed by atoms with Crippen molar-refractivity contribution in [1.29, 1.82) is 0 Å². The first-order valence-corrected chi connectivity index (χ1v) is 16.3. The van der Waals surface area contributed by atoms with Gasteiger partial charge in [-0.05, 0) is 74.9 Å². The van der Waals surface area contributed by atoms with E-state index >= 15 is 0 Å². The molecule has 3 aliphatic carbocycles. The monoisotopic (exact) mass is 570 g/mol. The molecule has 0 aromatic rings. The second-order valence-corrected chi connectivity index (χ2v) is 13.3. The van der Waals surface area contributed by atoms with E-state index in [9.17, 15) is 25.2 Å². The standard InChI is InChI=1S/C34H54N2O5/c1-2-3-5-8-23-11-12-25(30(37)20-23)9-6-4-7-10-28(33(39)40)32(38)27-13-14-29-26(15-17-34(29,41)22-27)19-24-16-18-36-31(35)21-24/h11-14,16,21,23,25-30,32,36-38,41H,2-10,15,17-20,22,35H2,1H3,(H,39,40). The molecule has 4 aliphatic rings. The predicted molar refractivity (Wildman–Crippen MR) is 162 cm³/mol. The first-order valence-electron chi connectivity index (χ1n) is 16.3. The number of nitrogens with two attached hydrogens (primary N) is 1. The normalized spacial score (nSPS) is 34.3. The lowest BCUT2D eigenvalue weighted by Crippen LogP contribution is -2.44. The highest BCUT2D eigenvalue weighted by Gasteiger charge is 2.50. The maximum Gasteiger partial charge on any atom is 0.309 e. The van der Waals surface area contributed by atoms with Crippen molar-refractivity contribution < 1.29 is 25.2 Å². The number of fused-ring (bicyclic) bond motifs is 1. The molecule has 0 aromatic heterocycles. The van der Waals surface area contributed by atoms with Gasteiger partial charge in [-0.3, -0.25) is 4.79 Å².